The summed E-state index contributed by atoms with van der Waals surface area (Å²) in [5.74, 6) is 0.400. The quantitative estimate of drug-likeness (QED) is 0.498. The summed E-state index contributed by atoms with van der Waals surface area (Å²) in [6, 6.07) is 1.81. The smallest absolute Gasteiger partial charge is 0.320 e. The minimum atomic E-state index is -0.259. The second-order valence-electron chi connectivity index (χ2n) is 3.98. The molecule has 1 aromatic rings. The maximum Gasteiger partial charge on any atom is 0.320 e. The molecule has 0 aliphatic carbocycles. The van der Waals surface area contributed by atoms with Crippen LogP contribution in [0.15, 0.2) is 23.2 Å². The van der Waals surface area contributed by atoms with E-state index in [4.69, 9.17) is 14.0 Å². The van der Waals surface area contributed by atoms with E-state index in [0.29, 0.717) is 32.1 Å². The Bertz CT molecular complexity index is 403. The predicted molar refractivity (Wildman–Crippen MR) is 69.3 cm³/mol. The highest BCUT2D eigenvalue weighted by atomic mass is 16.5. The van der Waals surface area contributed by atoms with Crippen LogP contribution in [0.4, 0.5) is 0 Å². The Balaban J connectivity index is 2.55. The Morgan fingerprint density at radius 2 is 2.42 bits per heavy atom. The predicted octanol–water partition coefficient (Wildman–Crippen LogP) is 1.37. The molecule has 0 atom stereocenters. The number of esters is 1. The topological polar surface area (TPSA) is 64.8 Å². The highest BCUT2D eigenvalue weighted by molar-refractivity contribution is 5.71. The van der Waals surface area contributed by atoms with E-state index in [-0.39, 0.29) is 12.5 Å². The van der Waals surface area contributed by atoms with E-state index in [0.717, 1.165) is 5.69 Å². The number of nitrogens with zero attached hydrogens (tertiary/aromatic N) is 2. The minimum absolute atomic E-state index is 0.201. The van der Waals surface area contributed by atoms with Crippen molar-refractivity contribution in [1.29, 1.82) is 0 Å². The number of methoxy groups -OCH3 is 1. The Kier molecular flexibility index (Phi) is 6.84. The summed E-state index contributed by atoms with van der Waals surface area (Å²) in [6.45, 7) is 7.49. The summed E-state index contributed by atoms with van der Waals surface area (Å²) < 4.78 is 15.0. The molecule has 0 aliphatic heterocycles. The van der Waals surface area contributed by atoms with Gasteiger partial charge < -0.3 is 14.0 Å². The van der Waals surface area contributed by atoms with Crippen LogP contribution in [-0.2, 0) is 27.4 Å². The van der Waals surface area contributed by atoms with Gasteiger partial charge in [-0.15, -0.1) is 6.58 Å². The maximum absolute atomic E-state index is 11.5. The fourth-order valence-electron chi connectivity index (χ4n) is 1.63. The molecule has 0 bridgehead atoms. The highest BCUT2D eigenvalue weighted by Gasteiger charge is 2.13. The number of ether oxygens (including phenoxy) is 2. The van der Waals surface area contributed by atoms with E-state index in [1.54, 1.807) is 20.1 Å². The van der Waals surface area contributed by atoms with Gasteiger partial charge in [0.15, 0.2) is 5.76 Å². The van der Waals surface area contributed by atoms with Gasteiger partial charge >= 0.3 is 5.97 Å². The number of hydrogen-bond donors (Lipinski definition) is 0. The lowest BCUT2D eigenvalue weighted by Gasteiger charge is -2.17. The second-order valence-corrected chi connectivity index (χ2v) is 3.98. The van der Waals surface area contributed by atoms with E-state index in [1.165, 1.54) is 0 Å². The molecule has 6 nitrogen and oxygen atoms in total. The lowest BCUT2D eigenvalue weighted by atomic mass is 10.3. The molecule has 0 N–H and O–H groups in total. The summed E-state index contributed by atoms with van der Waals surface area (Å²) in [4.78, 5) is 13.3. The van der Waals surface area contributed by atoms with Crippen LogP contribution in [0.2, 0.25) is 0 Å². The van der Waals surface area contributed by atoms with Crippen LogP contribution >= 0.6 is 0 Å². The van der Waals surface area contributed by atoms with Gasteiger partial charge in [0, 0.05) is 26.3 Å². The first-order chi connectivity index (χ1) is 9.19. The Hall–Kier alpha value is -1.66. The molecule has 0 unspecified atom stereocenters. The van der Waals surface area contributed by atoms with Crippen LogP contribution < -0.4 is 0 Å². The highest BCUT2D eigenvalue weighted by Crippen LogP contribution is 2.08. The van der Waals surface area contributed by atoms with Gasteiger partial charge in [-0.2, -0.15) is 0 Å². The molecule has 0 aliphatic rings. The molecule has 0 fully saturated rings. The number of rotatable bonds is 9. The van der Waals surface area contributed by atoms with Crippen LogP contribution in [0, 0.1) is 0 Å². The van der Waals surface area contributed by atoms with Crippen molar-refractivity contribution in [3.8, 4) is 0 Å². The Labute approximate surface area is 113 Å². The van der Waals surface area contributed by atoms with Crippen LogP contribution in [0.25, 0.3) is 0 Å². The first kappa shape index (κ1) is 15.4. The number of carbonyl (C=O) groups is 1. The lowest BCUT2D eigenvalue weighted by Crippen LogP contribution is -2.30. The van der Waals surface area contributed by atoms with Crippen LogP contribution in [0.3, 0.4) is 0 Å². The van der Waals surface area contributed by atoms with Crippen molar-refractivity contribution in [3.05, 3.63) is 30.2 Å². The number of hydrogen-bond acceptors (Lipinski definition) is 6. The molecule has 0 saturated carbocycles. The number of aromatic nitrogens is 1. The van der Waals surface area contributed by atoms with Crippen molar-refractivity contribution in [2.24, 2.45) is 0 Å². The van der Waals surface area contributed by atoms with Gasteiger partial charge in [-0.1, -0.05) is 11.2 Å². The van der Waals surface area contributed by atoms with Crippen molar-refractivity contribution in [1.82, 2.24) is 10.1 Å². The summed E-state index contributed by atoms with van der Waals surface area (Å²) in [5.41, 5.74) is 0.748. The zero-order valence-corrected chi connectivity index (χ0v) is 11.4. The molecule has 1 aromatic heterocycles. The zero-order valence-electron chi connectivity index (χ0n) is 11.4. The lowest BCUT2D eigenvalue weighted by molar-refractivity contribution is -0.144. The largest absolute Gasteiger partial charge is 0.465 e. The van der Waals surface area contributed by atoms with Gasteiger partial charge in [-0.25, -0.2) is 0 Å². The molecule has 6 heteroatoms. The molecule has 0 amide bonds. The molecule has 106 valence electrons. The van der Waals surface area contributed by atoms with Crippen LogP contribution in [0.1, 0.15) is 18.4 Å². The van der Waals surface area contributed by atoms with E-state index < -0.39 is 0 Å². The zero-order chi connectivity index (χ0) is 14.1. The Morgan fingerprint density at radius 1 is 1.63 bits per heavy atom. The van der Waals surface area contributed by atoms with E-state index in [9.17, 15) is 4.79 Å². The molecule has 0 saturated heterocycles. The fourth-order valence-corrected chi connectivity index (χ4v) is 1.63. The van der Waals surface area contributed by atoms with E-state index in [2.05, 4.69) is 11.7 Å². The SMILES string of the molecule is C=CCN(CC(=O)OCC)Cc1cc(COC)on1. The third kappa shape index (κ3) is 5.67. The molecule has 0 aromatic carbocycles. The van der Waals surface area contributed by atoms with E-state index in [1.807, 2.05) is 11.0 Å². The molecule has 0 radical (unpaired) electrons. The molecule has 1 heterocycles. The average Bonchev–Trinajstić information content (AvgIpc) is 2.77. The minimum Gasteiger partial charge on any atom is -0.465 e. The first-order valence-electron chi connectivity index (χ1n) is 6.11. The Morgan fingerprint density at radius 3 is 3.05 bits per heavy atom. The van der Waals surface area contributed by atoms with Crippen LogP contribution in [-0.4, -0.2) is 42.8 Å². The molecular formula is C13H20N2O4. The monoisotopic (exact) mass is 268 g/mol. The van der Waals surface area contributed by atoms with Gasteiger partial charge in [-0.3, -0.25) is 9.69 Å². The molecule has 1 rings (SSSR count). The van der Waals surface area contributed by atoms with E-state index >= 15 is 0 Å². The third-order valence-corrected chi connectivity index (χ3v) is 2.33. The van der Waals surface area contributed by atoms with Gasteiger partial charge in [0.2, 0.25) is 0 Å². The van der Waals surface area contributed by atoms with Crippen molar-refractivity contribution in [2.45, 2.75) is 20.1 Å². The van der Waals surface area contributed by atoms with Gasteiger partial charge in [0.25, 0.3) is 0 Å². The van der Waals surface area contributed by atoms with Crippen molar-refractivity contribution in [2.75, 3.05) is 26.8 Å². The third-order valence-electron chi connectivity index (χ3n) is 2.33. The van der Waals surface area contributed by atoms with Gasteiger partial charge in [0.05, 0.1) is 18.8 Å². The summed E-state index contributed by atoms with van der Waals surface area (Å²) in [7, 11) is 1.59. The van der Waals surface area contributed by atoms with Crippen molar-refractivity contribution in [3.63, 3.8) is 0 Å². The normalized spacial score (nSPS) is 10.7. The standard InChI is InChI=1S/C13H20N2O4/c1-4-6-15(9-13(16)18-5-2)8-11-7-12(10-17-3)19-14-11/h4,7H,1,5-6,8-10H2,2-3H3. The van der Waals surface area contributed by atoms with Crippen LogP contribution in [0.5, 0.6) is 0 Å². The average molecular weight is 268 g/mol. The molecule has 0 spiro atoms. The number of carbonyl (C=O) groups excluding carboxylic acids is 1. The molecule has 19 heavy (non-hydrogen) atoms. The molecular weight excluding hydrogens is 248 g/mol. The fraction of sp³-hybridized carbons (Fsp3) is 0.538. The van der Waals surface area contributed by atoms with Gasteiger partial charge in [-0.05, 0) is 6.92 Å². The summed E-state index contributed by atoms with van der Waals surface area (Å²) in [5, 5.41) is 3.93. The van der Waals surface area contributed by atoms with Gasteiger partial charge in [0.1, 0.15) is 6.61 Å². The summed E-state index contributed by atoms with van der Waals surface area (Å²) >= 11 is 0. The van der Waals surface area contributed by atoms with Crippen molar-refractivity contribution < 1.29 is 18.8 Å². The van der Waals surface area contributed by atoms with Crippen molar-refractivity contribution >= 4 is 5.97 Å². The summed E-state index contributed by atoms with van der Waals surface area (Å²) in [6.07, 6.45) is 1.73. The first-order valence-corrected chi connectivity index (χ1v) is 6.11. The second kappa shape index (κ2) is 8.44. The maximum atomic E-state index is 11.5.